The van der Waals surface area contributed by atoms with Crippen LogP contribution < -0.4 is 0 Å². The Kier molecular flexibility index (Phi) is 3.26. The number of hydrogen-bond donors (Lipinski definition) is 0. The number of pyridine rings is 1. The van der Waals surface area contributed by atoms with Crippen molar-refractivity contribution in [1.29, 1.82) is 0 Å². The second-order valence-electron chi connectivity index (χ2n) is 3.56. The van der Waals surface area contributed by atoms with Crippen LogP contribution in [-0.4, -0.2) is 4.98 Å². The molecule has 0 aliphatic rings. The van der Waals surface area contributed by atoms with Crippen molar-refractivity contribution in [3.63, 3.8) is 0 Å². The Balaban J connectivity index is 2.62. The van der Waals surface area contributed by atoms with Crippen molar-refractivity contribution in [1.82, 2.24) is 4.98 Å². The Hall–Kier alpha value is -1.62. The molecule has 6 heteroatoms. The van der Waals surface area contributed by atoms with Gasteiger partial charge in [0.25, 0.3) is 0 Å². The second kappa shape index (κ2) is 4.57. The van der Waals surface area contributed by atoms with E-state index < -0.39 is 17.6 Å². The van der Waals surface area contributed by atoms with Gasteiger partial charge < -0.3 is 0 Å². The fraction of sp³-hybridized carbons (Fsp3) is 0.0833. The molecule has 0 amide bonds. The number of rotatable bonds is 1. The van der Waals surface area contributed by atoms with Crippen LogP contribution in [0, 0.1) is 5.82 Å². The van der Waals surface area contributed by atoms with Crippen molar-refractivity contribution < 1.29 is 17.6 Å². The molecule has 0 atom stereocenters. The number of hydrogen-bond acceptors (Lipinski definition) is 1. The maximum Gasteiger partial charge on any atom is 0.418 e. The summed E-state index contributed by atoms with van der Waals surface area (Å²) >= 11 is 5.60. The van der Waals surface area contributed by atoms with Crippen LogP contribution in [0.5, 0.6) is 0 Å². The minimum atomic E-state index is -4.54. The third-order valence-electron chi connectivity index (χ3n) is 2.33. The molecule has 1 aromatic heterocycles. The molecule has 0 saturated heterocycles. The molecule has 0 fully saturated rings. The van der Waals surface area contributed by atoms with Gasteiger partial charge in [-0.25, -0.2) is 9.37 Å². The fourth-order valence-corrected chi connectivity index (χ4v) is 1.68. The lowest BCUT2D eigenvalue weighted by atomic mass is 10.0. The summed E-state index contributed by atoms with van der Waals surface area (Å²) in [4.78, 5) is 3.42. The molecule has 2 rings (SSSR count). The Morgan fingerprint density at radius 2 is 1.67 bits per heavy atom. The third-order valence-corrected chi connectivity index (χ3v) is 2.54. The summed E-state index contributed by atoms with van der Waals surface area (Å²) in [7, 11) is 0. The molecule has 0 aliphatic heterocycles. The van der Waals surface area contributed by atoms with E-state index in [4.69, 9.17) is 11.6 Å². The summed E-state index contributed by atoms with van der Waals surface area (Å²) in [6, 6.07) is 5.80. The molecular weight excluding hydrogens is 270 g/mol. The van der Waals surface area contributed by atoms with Crippen molar-refractivity contribution >= 4 is 11.6 Å². The highest BCUT2D eigenvalue weighted by atomic mass is 35.5. The SMILES string of the molecule is Fc1ccc(-c2cc(Cl)ncc2C(F)(F)F)cc1. The minimum absolute atomic E-state index is 0.0534. The van der Waals surface area contributed by atoms with Gasteiger partial charge in [0, 0.05) is 6.20 Å². The Bertz CT molecular complexity index is 563. The molecule has 1 aromatic carbocycles. The number of alkyl halides is 3. The van der Waals surface area contributed by atoms with E-state index in [1.54, 1.807) is 0 Å². The topological polar surface area (TPSA) is 12.9 Å². The van der Waals surface area contributed by atoms with Crippen molar-refractivity contribution in [3.05, 3.63) is 53.1 Å². The summed E-state index contributed by atoms with van der Waals surface area (Å²) in [6.45, 7) is 0. The van der Waals surface area contributed by atoms with E-state index in [2.05, 4.69) is 4.98 Å². The lowest BCUT2D eigenvalue weighted by Crippen LogP contribution is -2.08. The summed E-state index contributed by atoms with van der Waals surface area (Å²) in [5.41, 5.74) is -0.797. The van der Waals surface area contributed by atoms with Crippen LogP contribution in [0.4, 0.5) is 17.6 Å². The van der Waals surface area contributed by atoms with E-state index in [9.17, 15) is 17.6 Å². The van der Waals surface area contributed by atoms with Crippen LogP contribution in [0.25, 0.3) is 11.1 Å². The molecule has 0 unspecified atom stereocenters. The molecular formula is C12H6ClF4N. The van der Waals surface area contributed by atoms with E-state index >= 15 is 0 Å². The Labute approximate surface area is 105 Å². The first-order chi connectivity index (χ1) is 8.38. The molecule has 2 aromatic rings. The monoisotopic (exact) mass is 275 g/mol. The zero-order valence-corrected chi connectivity index (χ0v) is 9.56. The number of halogens is 5. The summed E-state index contributed by atoms with van der Waals surface area (Å²) < 4.78 is 51.1. The molecule has 94 valence electrons. The lowest BCUT2D eigenvalue weighted by Gasteiger charge is -2.12. The van der Waals surface area contributed by atoms with Crippen LogP contribution in [0.1, 0.15) is 5.56 Å². The van der Waals surface area contributed by atoms with Crippen LogP contribution in [0.2, 0.25) is 5.15 Å². The first-order valence-corrected chi connectivity index (χ1v) is 5.24. The molecule has 0 saturated carbocycles. The maximum atomic E-state index is 12.8. The third kappa shape index (κ3) is 2.61. The van der Waals surface area contributed by atoms with Crippen LogP contribution in [0.15, 0.2) is 36.5 Å². The molecule has 1 nitrogen and oxygen atoms in total. The van der Waals surface area contributed by atoms with E-state index in [1.165, 1.54) is 12.1 Å². The van der Waals surface area contributed by atoms with Gasteiger partial charge in [-0.05, 0) is 29.3 Å². The van der Waals surface area contributed by atoms with Crippen LogP contribution in [0.3, 0.4) is 0 Å². The van der Waals surface area contributed by atoms with Gasteiger partial charge in [-0.2, -0.15) is 13.2 Å². The second-order valence-corrected chi connectivity index (χ2v) is 3.94. The highest BCUT2D eigenvalue weighted by molar-refractivity contribution is 6.29. The van der Waals surface area contributed by atoms with Gasteiger partial charge in [-0.3, -0.25) is 0 Å². The van der Waals surface area contributed by atoms with E-state index in [0.29, 0.717) is 6.20 Å². The van der Waals surface area contributed by atoms with Crippen molar-refractivity contribution in [2.75, 3.05) is 0 Å². The largest absolute Gasteiger partial charge is 0.418 e. The zero-order valence-electron chi connectivity index (χ0n) is 8.80. The lowest BCUT2D eigenvalue weighted by molar-refractivity contribution is -0.137. The minimum Gasteiger partial charge on any atom is -0.244 e. The fourth-order valence-electron chi connectivity index (χ4n) is 1.52. The molecule has 1 heterocycles. The highest BCUT2D eigenvalue weighted by Crippen LogP contribution is 2.37. The van der Waals surface area contributed by atoms with Crippen molar-refractivity contribution in [3.8, 4) is 11.1 Å². The standard InChI is InChI=1S/C12H6ClF4N/c13-11-5-9(7-1-3-8(14)4-2-7)10(6-18-11)12(15,16)17/h1-6H. The van der Waals surface area contributed by atoms with Gasteiger partial charge >= 0.3 is 6.18 Å². The molecule has 0 spiro atoms. The molecule has 18 heavy (non-hydrogen) atoms. The number of aromatic nitrogens is 1. The molecule has 0 N–H and O–H groups in total. The number of benzene rings is 1. The number of nitrogens with zero attached hydrogens (tertiary/aromatic N) is 1. The molecule has 0 radical (unpaired) electrons. The van der Waals surface area contributed by atoms with Gasteiger partial charge in [0.05, 0.1) is 5.56 Å². The zero-order chi connectivity index (χ0) is 13.3. The van der Waals surface area contributed by atoms with Gasteiger partial charge in [0.15, 0.2) is 0 Å². The maximum absolute atomic E-state index is 12.8. The van der Waals surface area contributed by atoms with Gasteiger partial charge in [-0.1, -0.05) is 23.7 Å². The van der Waals surface area contributed by atoms with Crippen molar-refractivity contribution in [2.45, 2.75) is 6.18 Å². The van der Waals surface area contributed by atoms with Gasteiger partial charge in [-0.15, -0.1) is 0 Å². The summed E-state index contributed by atoms with van der Waals surface area (Å²) in [6.07, 6.45) is -3.87. The highest BCUT2D eigenvalue weighted by Gasteiger charge is 2.34. The Morgan fingerprint density at radius 1 is 1.06 bits per heavy atom. The summed E-state index contributed by atoms with van der Waals surface area (Å²) in [5.74, 6) is -0.521. The van der Waals surface area contributed by atoms with Crippen LogP contribution >= 0.6 is 11.6 Å². The first kappa shape index (κ1) is 12.8. The predicted molar refractivity (Wildman–Crippen MR) is 59.6 cm³/mol. The average molecular weight is 276 g/mol. The summed E-state index contributed by atoms with van der Waals surface area (Å²) in [5, 5.41) is -0.0534. The van der Waals surface area contributed by atoms with E-state index in [0.717, 1.165) is 18.2 Å². The van der Waals surface area contributed by atoms with Crippen molar-refractivity contribution in [2.24, 2.45) is 0 Å². The van der Waals surface area contributed by atoms with Crippen LogP contribution in [-0.2, 0) is 6.18 Å². The van der Waals surface area contributed by atoms with Gasteiger partial charge in [0.1, 0.15) is 11.0 Å². The average Bonchev–Trinajstić information content (AvgIpc) is 2.28. The smallest absolute Gasteiger partial charge is 0.244 e. The first-order valence-electron chi connectivity index (χ1n) is 4.86. The molecule has 0 bridgehead atoms. The van der Waals surface area contributed by atoms with E-state index in [-0.39, 0.29) is 16.3 Å². The quantitative estimate of drug-likeness (QED) is 0.549. The molecule has 0 aliphatic carbocycles. The normalized spacial score (nSPS) is 11.6. The van der Waals surface area contributed by atoms with E-state index in [1.807, 2.05) is 0 Å². The van der Waals surface area contributed by atoms with Gasteiger partial charge in [0.2, 0.25) is 0 Å². The predicted octanol–water partition coefficient (Wildman–Crippen LogP) is 4.56. The Morgan fingerprint density at radius 3 is 2.22 bits per heavy atom.